The van der Waals surface area contributed by atoms with Crippen molar-refractivity contribution in [3.63, 3.8) is 0 Å². The Labute approximate surface area is 132 Å². The molecule has 1 aromatic heterocycles. The highest BCUT2D eigenvalue weighted by Gasteiger charge is 2.19. The molecule has 0 bridgehead atoms. The zero-order chi connectivity index (χ0) is 15.4. The number of nitro benzene ring substituents is 1. The van der Waals surface area contributed by atoms with Gasteiger partial charge in [0, 0.05) is 20.8 Å². The summed E-state index contributed by atoms with van der Waals surface area (Å²) in [6.07, 6.45) is 0.417. The van der Waals surface area contributed by atoms with Crippen molar-refractivity contribution in [1.82, 2.24) is 0 Å². The van der Waals surface area contributed by atoms with Crippen molar-refractivity contribution < 1.29 is 19.2 Å². The topological polar surface area (TPSA) is 78.7 Å². The van der Waals surface area contributed by atoms with E-state index in [1.807, 2.05) is 11.4 Å². The van der Waals surface area contributed by atoms with Gasteiger partial charge in [-0.2, -0.15) is 0 Å². The number of ether oxygens (including phenoxy) is 2. The summed E-state index contributed by atoms with van der Waals surface area (Å²) in [6.45, 7) is 0.254. The first-order chi connectivity index (χ1) is 10.0. The number of aldehydes is 1. The minimum Gasteiger partial charge on any atom is -0.493 e. The fourth-order valence-electron chi connectivity index (χ4n) is 1.67. The van der Waals surface area contributed by atoms with E-state index in [1.165, 1.54) is 30.6 Å². The lowest BCUT2D eigenvalue weighted by Crippen LogP contribution is -2.00. The lowest BCUT2D eigenvalue weighted by Gasteiger charge is -2.10. The number of benzene rings is 1. The van der Waals surface area contributed by atoms with Crippen molar-refractivity contribution in [1.29, 1.82) is 0 Å². The number of methoxy groups -OCH3 is 1. The molecular weight excluding hydrogens is 362 g/mol. The lowest BCUT2D eigenvalue weighted by atomic mass is 10.1. The molecule has 6 nitrogen and oxygen atoms in total. The molecule has 0 saturated heterocycles. The van der Waals surface area contributed by atoms with Crippen molar-refractivity contribution in [2.45, 2.75) is 6.61 Å². The highest BCUT2D eigenvalue weighted by Crippen LogP contribution is 2.35. The van der Waals surface area contributed by atoms with E-state index in [0.29, 0.717) is 6.29 Å². The molecule has 1 aromatic carbocycles. The van der Waals surface area contributed by atoms with E-state index >= 15 is 0 Å². The van der Waals surface area contributed by atoms with E-state index in [1.54, 1.807) is 0 Å². The van der Waals surface area contributed by atoms with Crippen LogP contribution in [0, 0.1) is 10.1 Å². The van der Waals surface area contributed by atoms with Crippen LogP contribution in [0.2, 0.25) is 0 Å². The molecule has 110 valence electrons. The van der Waals surface area contributed by atoms with Gasteiger partial charge in [0.1, 0.15) is 6.61 Å². The van der Waals surface area contributed by atoms with Crippen LogP contribution in [0.3, 0.4) is 0 Å². The van der Waals surface area contributed by atoms with Crippen molar-refractivity contribution in [3.05, 3.63) is 48.6 Å². The molecule has 2 aromatic rings. The van der Waals surface area contributed by atoms with E-state index in [0.717, 1.165) is 9.35 Å². The zero-order valence-electron chi connectivity index (χ0n) is 10.9. The number of thiophene rings is 1. The lowest BCUT2D eigenvalue weighted by molar-refractivity contribution is -0.385. The minimum absolute atomic E-state index is 0.0527. The Hall–Kier alpha value is -1.93. The van der Waals surface area contributed by atoms with E-state index in [-0.39, 0.29) is 29.4 Å². The third kappa shape index (κ3) is 3.59. The number of rotatable bonds is 6. The second-order valence-electron chi connectivity index (χ2n) is 3.96. The maximum atomic E-state index is 11.0. The smallest absolute Gasteiger partial charge is 0.283 e. The molecule has 0 aliphatic rings. The summed E-state index contributed by atoms with van der Waals surface area (Å²) in [5.74, 6) is 0.498. The van der Waals surface area contributed by atoms with Gasteiger partial charge in [0.2, 0.25) is 0 Å². The first-order valence-corrected chi connectivity index (χ1v) is 7.39. The van der Waals surface area contributed by atoms with Gasteiger partial charge in [0.05, 0.1) is 23.7 Å². The van der Waals surface area contributed by atoms with E-state index in [2.05, 4.69) is 15.9 Å². The molecule has 0 unspecified atom stereocenters. The molecule has 8 heteroatoms. The average Bonchev–Trinajstić information content (AvgIpc) is 2.89. The molecule has 0 spiro atoms. The van der Waals surface area contributed by atoms with Crippen LogP contribution in [0.15, 0.2) is 28.1 Å². The second-order valence-corrected chi connectivity index (χ2v) is 5.87. The number of nitro groups is 1. The van der Waals surface area contributed by atoms with Crippen LogP contribution < -0.4 is 9.47 Å². The van der Waals surface area contributed by atoms with Gasteiger partial charge in [0.25, 0.3) is 5.69 Å². The number of nitrogens with zero attached hydrogens (tertiary/aromatic N) is 1. The average molecular weight is 372 g/mol. The minimum atomic E-state index is -0.627. The van der Waals surface area contributed by atoms with Gasteiger partial charge < -0.3 is 9.47 Å². The van der Waals surface area contributed by atoms with Gasteiger partial charge in [-0.3, -0.25) is 14.9 Å². The maximum absolute atomic E-state index is 11.0. The van der Waals surface area contributed by atoms with Gasteiger partial charge in [-0.15, -0.1) is 11.3 Å². The number of hydrogen-bond acceptors (Lipinski definition) is 6. The third-order valence-electron chi connectivity index (χ3n) is 2.63. The number of hydrogen-bond donors (Lipinski definition) is 0. The van der Waals surface area contributed by atoms with Gasteiger partial charge >= 0.3 is 0 Å². The Balaban J connectivity index is 2.30. The number of carbonyl (C=O) groups excluding carboxylic acids is 1. The van der Waals surface area contributed by atoms with Crippen LogP contribution in [-0.2, 0) is 6.61 Å². The monoisotopic (exact) mass is 371 g/mol. The zero-order valence-corrected chi connectivity index (χ0v) is 13.3. The van der Waals surface area contributed by atoms with Gasteiger partial charge in [-0.1, -0.05) is 0 Å². The summed E-state index contributed by atoms with van der Waals surface area (Å²) >= 11 is 4.84. The molecule has 1 heterocycles. The van der Waals surface area contributed by atoms with Gasteiger partial charge in [-0.25, -0.2) is 0 Å². The Bertz CT molecular complexity index is 685. The molecule has 0 atom stereocenters. The first-order valence-electron chi connectivity index (χ1n) is 5.72. The standard InChI is InChI=1S/C13H10BrNO5S/c1-19-12-2-8(5-16)11(15(17)18)4-13(12)20-6-10-3-9(14)7-21-10/h2-5,7H,6H2,1H3. The fourth-order valence-corrected chi connectivity index (χ4v) is 3.03. The van der Waals surface area contributed by atoms with Crippen LogP contribution in [0.1, 0.15) is 15.2 Å². The van der Waals surface area contributed by atoms with Crippen LogP contribution in [0.5, 0.6) is 11.5 Å². The Morgan fingerprint density at radius 2 is 2.14 bits per heavy atom. The van der Waals surface area contributed by atoms with Gasteiger partial charge in [-0.05, 0) is 22.0 Å². The normalized spacial score (nSPS) is 10.2. The maximum Gasteiger partial charge on any atom is 0.283 e. The Morgan fingerprint density at radius 3 is 2.67 bits per heavy atom. The van der Waals surface area contributed by atoms with E-state index in [9.17, 15) is 14.9 Å². The molecule has 0 aliphatic heterocycles. The van der Waals surface area contributed by atoms with Crippen molar-refractivity contribution >= 4 is 39.2 Å². The Kier molecular flexibility index (Phi) is 4.92. The highest BCUT2D eigenvalue weighted by atomic mass is 79.9. The predicted molar refractivity (Wildman–Crippen MR) is 81.4 cm³/mol. The van der Waals surface area contributed by atoms with Crippen molar-refractivity contribution in [2.75, 3.05) is 7.11 Å². The molecule has 2 rings (SSSR count). The molecule has 0 radical (unpaired) electrons. The summed E-state index contributed by atoms with van der Waals surface area (Å²) in [6, 6.07) is 4.39. The first kappa shape index (κ1) is 15.5. The molecule has 21 heavy (non-hydrogen) atoms. The van der Waals surface area contributed by atoms with Crippen LogP contribution >= 0.6 is 27.3 Å². The molecule has 0 aliphatic carbocycles. The molecule has 0 N–H and O–H groups in total. The Morgan fingerprint density at radius 1 is 1.38 bits per heavy atom. The quantitative estimate of drug-likeness (QED) is 0.438. The van der Waals surface area contributed by atoms with Crippen molar-refractivity contribution in [3.8, 4) is 11.5 Å². The summed E-state index contributed by atoms with van der Waals surface area (Å²) in [5, 5.41) is 12.9. The number of carbonyl (C=O) groups is 1. The largest absolute Gasteiger partial charge is 0.493 e. The van der Waals surface area contributed by atoms with E-state index in [4.69, 9.17) is 9.47 Å². The fraction of sp³-hybridized carbons (Fsp3) is 0.154. The summed E-state index contributed by atoms with van der Waals surface area (Å²) in [4.78, 5) is 22.2. The summed E-state index contributed by atoms with van der Waals surface area (Å²) in [7, 11) is 1.41. The van der Waals surface area contributed by atoms with Crippen LogP contribution in [0.4, 0.5) is 5.69 Å². The molecule has 0 fully saturated rings. The molecular formula is C13H10BrNO5S. The number of halogens is 1. The summed E-state index contributed by atoms with van der Waals surface area (Å²) in [5.41, 5.74) is -0.365. The van der Waals surface area contributed by atoms with Crippen molar-refractivity contribution in [2.24, 2.45) is 0 Å². The van der Waals surface area contributed by atoms with E-state index < -0.39 is 4.92 Å². The predicted octanol–water partition coefficient (Wildman–Crippen LogP) is 3.82. The third-order valence-corrected chi connectivity index (χ3v) is 4.30. The van der Waals surface area contributed by atoms with Gasteiger partial charge in [0.15, 0.2) is 17.8 Å². The molecule has 0 saturated carbocycles. The SMILES string of the molecule is COc1cc(C=O)c([N+](=O)[O-])cc1OCc1cc(Br)cs1. The summed E-state index contributed by atoms with van der Waals surface area (Å²) < 4.78 is 11.6. The highest BCUT2D eigenvalue weighted by molar-refractivity contribution is 9.10. The second kappa shape index (κ2) is 6.68. The van der Waals surface area contributed by atoms with Crippen LogP contribution in [0.25, 0.3) is 0 Å². The molecule has 0 amide bonds. The van der Waals surface area contributed by atoms with Crippen LogP contribution in [-0.4, -0.2) is 18.3 Å².